The first-order valence-electron chi connectivity index (χ1n) is 5.47. The van der Waals surface area contributed by atoms with E-state index in [2.05, 4.69) is 5.32 Å². The van der Waals surface area contributed by atoms with Crippen molar-refractivity contribution in [2.24, 2.45) is 0 Å². The molecular formula is C12H17FN2O2. The number of halogens is 1. The van der Waals surface area contributed by atoms with Crippen LogP contribution < -0.4 is 5.32 Å². The molecule has 0 fully saturated rings. The number of hydrogen-bond donors (Lipinski definition) is 1. The maximum absolute atomic E-state index is 13.1. The standard InChI is InChI=1S/C12H17FN2O2/c1-12(2,3)14-5-4-9-6-10(13)8-11(7-9)15(16)17/h6-8,14H,4-5H2,1-3H3. The van der Waals surface area contributed by atoms with Gasteiger partial charge in [-0.05, 0) is 45.4 Å². The first kappa shape index (κ1) is 13.6. The van der Waals surface area contributed by atoms with Gasteiger partial charge in [-0.2, -0.15) is 0 Å². The zero-order chi connectivity index (χ0) is 13.1. The predicted molar refractivity (Wildman–Crippen MR) is 64.5 cm³/mol. The second kappa shape index (κ2) is 5.23. The molecule has 0 aliphatic rings. The Morgan fingerprint density at radius 1 is 1.35 bits per heavy atom. The second-order valence-corrected chi connectivity index (χ2v) is 5.00. The van der Waals surface area contributed by atoms with E-state index in [1.54, 1.807) is 0 Å². The molecule has 4 nitrogen and oxygen atoms in total. The maximum Gasteiger partial charge on any atom is 0.272 e. The van der Waals surface area contributed by atoms with E-state index < -0.39 is 10.7 Å². The summed E-state index contributed by atoms with van der Waals surface area (Å²) in [4.78, 5) is 9.98. The average molecular weight is 240 g/mol. The summed E-state index contributed by atoms with van der Waals surface area (Å²) in [5, 5.41) is 13.8. The van der Waals surface area contributed by atoms with Crippen LogP contribution in [0.3, 0.4) is 0 Å². The quantitative estimate of drug-likeness (QED) is 0.650. The lowest BCUT2D eigenvalue weighted by atomic mass is 10.1. The van der Waals surface area contributed by atoms with Crippen LogP contribution in [-0.4, -0.2) is 17.0 Å². The van der Waals surface area contributed by atoms with Crippen LogP contribution in [0.25, 0.3) is 0 Å². The number of nitro benzene ring substituents is 1. The lowest BCUT2D eigenvalue weighted by Crippen LogP contribution is -2.37. The molecule has 1 aromatic carbocycles. The van der Waals surface area contributed by atoms with Gasteiger partial charge in [0, 0.05) is 11.6 Å². The number of nitrogens with one attached hydrogen (secondary N) is 1. The van der Waals surface area contributed by atoms with Crippen LogP contribution in [0.1, 0.15) is 26.3 Å². The summed E-state index contributed by atoms with van der Waals surface area (Å²) in [5.74, 6) is -0.565. The van der Waals surface area contributed by atoms with E-state index in [0.29, 0.717) is 18.5 Å². The van der Waals surface area contributed by atoms with Gasteiger partial charge in [0.2, 0.25) is 0 Å². The number of hydrogen-bond acceptors (Lipinski definition) is 3. The smallest absolute Gasteiger partial charge is 0.272 e. The van der Waals surface area contributed by atoms with Gasteiger partial charge in [0.05, 0.1) is 11.0 Å². The first-order valence-corrected chi connectivity index (χ1v) is 5.47. The Labute approximate surface area is 100.0 Å². The number of benzene rings is 1. The highest BCUT2D eigenvalue weighted by Crippen LogP contribution is 2.16. The van der Waals surface area contributed by atoms with Crippen molar-refractivity contribution >= 4 is 5.69 Å². The van der Waals surface area contributed by atoms with E-state index in [-0.39, 0.29) is 11.2 Å². The van der Waals surface area contributed by atoms with Crippen molar-refractivity contribution in [3.05, 3.63) is 39.7 Å². The monoisotopic (exact) mass is 240 g/mol. The lowest BCUT2D eigenvalue weighted by Gasteiger charge is -2.20. The van der Waals surface area contributed by atoms with Crippen LogP contribution in [0.2, 0.25) is 0 Å². The van der Waals surface area contributed by atoms with Crippen molar-refractivity contribution in [1.29, 1.82) is 0 Å². The van der Waals surface area contributed by atoms with E-state index in [1.165, 1.54) is 12.1 Å². The predicted octanol–water partition coefficient (Wildman–Crippen LogP) is 2.66. The van der Waals surface area contributed by atoms with Crippen LogP contribution in [0, 0.1) is 15.9 Å². The van der Waals surface area contributed by atoms with E-state index >= 15 is 0 Å². The molecule has 0 amide bonds. The van der Waals surface area contributed by atoms with Gasteiger partial charge < -0.3 is 5.32 Å². The van der Waals surface area contributed by atoms with Crippen LogP contribution >= 0.6 is 0 Å². The molecule has 94 valence electrons. The van der Waals surface area contributed by atoms with Crippen LogP contribution in [0.5, 0.6) is 0 Å². The molecule has 1 rings (SSSR count). The summed E-state index contributed by atoms with van der Waals surface area (Å²) >= 11 is 0. The summed E-state index contributed by atoms with van der Waals surface area (Å²) in [6.45, 7) is 6.74. The lowest BCUT2D eigenvalue weighted by molar-refractivity contribution is -0.385. The Balaban J connectivity index is 2.68. The van der Waals surface area contributed by atoms with Crippen molar-refractivity contribution in [2.75, 3.05) is 6.54 Å². The summed E-state index contributed by atoms with van der Waals surface area (Å²) in [7, 11) is 0. The third-order valence-corrected chi connectivity index (χ3v) is 2.22. The summed E-state index contributed by atoms with van der Waals surface area (Å²) < 4.78 is 13.1. The molecule has 0 saturated heterocycles. The van der Waals surface area contributed by atoms with Gasteiger partial charge in [0.1, 0.15) is 5.82 Å². The molecule has 0 aliphatic carbocycles. The molecule has 0 heterocycles. The molecule has 0 spiro atoms. The highest BCUT2D eigenvalue weighted by atomic mass is 19.1. The molecule has 1 N–H and O–H groups in total. The average Bonchev–Trinajstić information content (AvgIpc) is 2.14. The highest BCUT2D eigenvalue weighted by molar-refractivity contribution is 5.35. The Morgan fingerprint density at radius 2 is 2.00 bits per heavy atom. The first-order chi connectivity index (χ1) is 7.78. The van der Waals surface area contributed by atoms with Gasteiger partial charge in [-0.15, -0.1) is 0 Å². The van der Waals surface area contributed by atoms with Crippen molar-refractivity contribution in [1.82, 2.24) is 5.32 Å². The fourth-order valence-corrected chi connectivity index (χ4v) is 1.46. The topological polar surface area (TPSA) is 55.2 Å². The van der Waals surface area contributed by atoms with Gasteiger partial charge in [-0.3, -0.25) is 10.1 Å². The Morgan fingerprint density at radius 3 is 2.53 bits per heavy atom. The molecule has 0 unspecified atom stereocenters. The normalized spacial score (nSPS) is 11.5. The van der Waals surface area contributed by atoms with E-state index in [1.807, 2.05) is 20.8 Å². The van der Waals surface area contributed by atoms with Crippen LogP contribution in [0.4, 0.5) is 10.1 Å². The summed E-state index contributed by atoms with van der Waals surface area (Å²) in [5.41, 5.74) is 0.420. The van der Waals surface area contributed by atoms with Crippen molar-refractivity contribution in [3.63, 3.8) is 0 Å². The fraction of sp³-hybridized carbons (Fsp3) is 0.500. The minimum Gasteiger partial charge on any atom is -0.312 e. The third kappa shape index (κ3) is 4.91. The van der Waals surface area contributed by atoms with Gasteiger partial charge in [-0.25, -0.2) is 4.39 Å². The van der Waals surface area contributed by atoms with Crippen LogP contribution in [-0.2, 0) is 6.42 Å². The second-order valence-electron chi connectivity index (χ2n) is 5.00. The fourth-order valence-electron chi connectivity index (χ4n) is 1.46. The van der Waals surface area contributed by atoms with Gasteiger partial charge in [-0.1, -0.05) is 0 Å². The van der Waals surface area contributed by atoms with E-state index in [9.17, 15) is 14.5 Å². The Kier molecular flexibility index (Phi) is 4.17. The number of nitro groups is 1. The molecule has 5 heteroatoms. The number of non-ortho nitro benzene ring substituents is 1. The third-order valence-electron chi connectivity index (χ3n) is 2.22. The van der Waals surface area contributed by atoms with Gasteiger partial charge >= 0.3 is 0 Å². The minimum atomic E-state index is -0.580. The molecule has 0 bridgehead atoms. The molecule has 0 aliphatic heterocycles. The zero-order valence-corrected chi connectivity index (χ0v) is 10.3. The summed E-state index contributed by atoms with van der Waals surface area (Å²) in [6, 6.07) is 3.67. The van der Waals surface area contributed by atoms with E-state index in [4.69, 9.17) is 0 Å². The molecule has 0 aromatic heterocycles. The molecule has 0 saturated carbocycles. The van der Waals surface area contributed by atoms with Crippen molar-refractivity contribution < 1.29 is 9.31 Å². The van der Waals surface area contributed by atoms with E-state index in [0.717, 1.165) is 6.07 Å². The van der Waals surface area contributed by atoms with Gasteiger partial charge in [0.15, 0.2) is 0 Å². The molecule has 0 radical (unpaired) electrons. The molecular weight excluding hydrogens is 223 g/mol. The number of nitrogens with zero attached hydrogens (tertiary/aromatic N) is 1. The van der Waals surface area contributed by atoms with Gasteiger partial charge in [0.25, 0.3) is 5.69 Å². The minimum absolute atomic E-state index is 0.0146. The Bertz CT molecular complexity index is 413. The SMILES string of the molecule is CC(C)(C)NCCc1cc(F)cc([N+](=O)[O-])c1. The highest BCUT2D eigenvalue weighted by Gasteiger charge is 2.11. The maximum atomic E-state index is 13.1. The Hall–Kier alpha value is -1.49. The summed E-state index contributed by atoms with van der Waals surface area (Å²) in [6.07, 6.45) is 0.565. The van der Waals surface area contributed by atoms with Crippen LogP contribution in [0.15, 0.2) is 18.2 Å². The molecule has 17 heavy (non-hydrogen) atoms. The number of rotatable bonds is 4. The van der Waals surface area contributed by atoms with Crippen molar-refractivity contribution in [3.8, 4) is 0 Å². The molecule has 1 aromatic rings. The molecule has 0 atom stereocenters. The zero-order valence-electron chi connectivity index (χ0n) is 10.3. The van der Waals surface area contributed by atoms with Crippen molar-refractivity contribution in [2.45, 2.75) is 32.7 Å². The largest absolute Gasteiger partial charge is 0.312 e.